The van der Waals surface area contributed by atoms with Gasteiger partial charge in [0.05, 0.1) is 28.1 Å². The minimum absolute atomic E-state index is 0.0308. The molecule has 6 rings (SSSR count). The summed E-state index contributed by atoms with van der Waals surface area (Å²) in [5.74, 6) is 5.44. The van der Waals surface area contributed by atoms with Gasteiger partial charge in [-0.25, -0.2) is 4.21 Å². The predicted octanol–water partition coefficient (Wildman–Crippen LogP) is 6.59. The molecule has 2 aromatic rings. The van der Waals surface area contributed by atoms with Crippen LogP contribution in [0.15, 0.2) is 48.6 Å². The number of amides is 1. The fraction of sp³-hybridized carbons (Fsp3) is 0.543. The first-order chi connectivity index (χ1) is 20.6. The molecule has 1 spiro atoms. The Balaban J connectivity index is 1.43. The molecule has 7 atom stereocenters. The molecule has 4 aliphatic rings. The number of carbonyl (C=O) groups is 1. The first kappa shape index (κ1) is 30.5. The summed E-state index contributed by atoms with van der Waals surface area (Å²) in [5.41, 5.74) is 3.83. The Morgan fingerprint density at radius 3 is 2.81 bits per heavy atom. The molecular weight excluding hydrogens is 580 g/mol. The molecule has 6 nitrogen and oxygen atoms in total. The van der Waals surface area contributed by atoms with Crippen LogP contribution in [-0.2, 0) is 26.3 Å². The fourth-order valence-corrected chi connectivity index (χ4v) is 10.3. The first-order valence-electron chi connectivity index (χ1n) is 15.8. The Morgan fingerprint density at radius 1 is 1.23 bits per heavy atom. The maximum atomic E-state index is 13.9. The van der Waals surface area contributed by atoms with Crippen LogP contribution >= 0.6 is 11.6 Å². The van der Waals surface area contributed by atoms with Crippen LogP contribution in [0.3, 0.4) is 0 Å². The highest BCUT2D eigenvalue weighted by Gasteiger charge is 2.44. The van der Waals surface area contributed by atoms with Crippen LogP contribution in [0, 0.1) is 17.8 Å². The van der Waals surface area contributed by atoms with Crippen LogP contribution in [0.2, 0.25) is 5.02 Å². The molecular formula is C35H45ClN2O4S. The van der Waals surface area contributed by atoms with Gasteiger partial charge in [0.2, 0.25) is 0 Å². The SMILES string of the molecule is C=S1(=O)NC(=O)c2ccc3c(c2)N(C[C@@H]2CC[C@H]2[C@@H](OC)/C=C/C[C@H](C)[C@H]1CC)C[C@@]1(CCCc2cc(Cl)ccc21)CO3. The highest BCUT2D eigenvalue weighted by atomic mass is 35.5. The Morgan fingerprint density at radius 2 is 2.07 bits per heavy atom. The van der Waals surface area contributed by atoms with Crippen LogP contribution in [0.25, 0.3) is 0 Å². The number of anilines is 1. The van der Waals surface area contributed by atoms with E-state index in [0.29, 0.717) is 30.4 Å². The number of allylic oxidation sites excluding steroid dienone is 1. The van der Waals surface area contributed by atoms with E-state index in [0.717, 1.165) is 68.1 Å². The van der Waals surface area contributed by atoms with Crippen molar-refractivity contribution in [2.24, 2.45) is 17.8 Å². The van der Waals surface area contributed by atoms with E-state index in [-0.39, 0.29) is 28.6 Å². The van der Waals surface area contributed by atoms with E-state index < -0.39 is 9.71 Å². The van der Waals surface area contributed by atoms with Crippen molar-refractivity contribution in [1.29, 1.82) is 0 Å². The van der Waals surface area contributed by atoms with E-state index in [1.165, 1.54) is 11.1 Å². The number of nitrogens with zero attached hydrogens (tertiary/aromatic N) is 1. The van der Waals surface area contributed by atoms with Crippen molar-refractivity contribution in [1.82, 2.24) is 4.72 Å². The zero-order valence-electron chi connectivity index (χ0n) is 25.7. The summed E-state index contributed by atoms with van der Waals surface area (Å²) in [7, 11) is -1.09. The summed E-state index contributed by atoms with van der Waals surface area (Å²) in [4.78, 5) is 16.1. The zero-order chi connectivity index (χ0) is 30.4. The topological polar surface area (TPSA) is 67.9 Å². The van der Waals surface area contributed by atoms with Crippen LogP contribution in [0.1, 0.15) is 73.9 Å². The van der Waals surface area contributed by atoms with Gasteiger partial charge in [-0.15, -0.1) is 0 Å². The molecule has 2 aliphatic heterocycles. The number of rotatable bonds is 2. The van der Waals surface area contributed by atoms with Crippen molar-refractivity contribution in [2.75, 3.05) is 31.7 Å². The Labute approximate surface area is 262 Å². The van der Waals surface area contributed by atoms with Crippen molar-refractivity contribution < 1.29 is 18.5 Å². The van der Waals surface area contributed by atoms with Gasteiger partial charge in [0.1, 0.15) is 5.75 Å². The second-order valence-corrected chi connectivity index (χ2v) is 15.9. The molecule has 1 N–H and O–H groups in total. The number of ether oxygens (including phenoxy) is 2. The average Bonchev–Trinajstić information content (AvgIpc) is 3.11. The normalized spacial score (nSPS) is 35.0. The molecule has 0 radical (unpaired) electrons. The van der Waals surface area contributed by atoms with Gasteiger partial charge in [0.15, 0.2) is 0 Å². The van der Waals surface area contributed by atoms with Crippen LogP contribution in [0.5, 0.6) is 5.75 Å². The lowest BCUT2D eigenvalue weighted by molar-refractivity contribution is 0.0131. The molecule has 8 heteroatoms. The Hall–Kier alpha value is -2.48. The van der Waals surface area contributed by atoms with E-state index in [9.17, 15) is 9.00 Å². The van der Waals surface area contributed by atoms with E-state index >= 15 is 0 Å². The van der Waals surface area contributed by atoms with Crippen LogP contribution in [-0.4, -0.2) is 54.1 Å². The van der Waals surface area contributed by atoms with Crippen molar-refractivity contribution in [3.63, 3.8) is 0 Å². The van der Waals surface area contributed by atoms with E-state index in [2.05, 4.69) is 46.7 Å². The number of hydrogen-bond acceptors (Lipinski definition) is 5. The van der Waals surface area contributed by atoms with Crippen molar-refractivity contribution in [2.45, 2.75) is 75.6 Å². The second kappa shape index (κ2) is 12.1. The van der Waals surface area contributed by atoms with Gasteiger partial charge >= 0.3 is 0 Å². The lowest BCUT2D eigenvalue weighted by Crippen LogP contribution is -2.49. The number of aryl methyl sites for hydroxylation is 1. The molecule has 2 heterocycles. The molecule has 1 fully saturated rings. The number of benzene rings is 2. The van der Waals surface area contributed by atoms with Crippen molar-refractivity contribution in [3.8, 4) is 5.75 Å². The third-order valence-electron chi connectivity index (χ3n) is 10.5. The number of carbonyl (C=O) groups excluding carboxylic acids is 1. The monoisotopic (exact) mass is 624 g/mol. The molecule has 2 aromatic carbocycles. The second-order valence-electron chi connectivity index (χ2n) is 13.2. The number of halogens is 1. The third-order valence-corrected chi connectivity index (χ3v) is 13.1. The summed E-state index contributed by atoms with van der Waals surface area (Å²) in [5, 5.41) is 0.527. The molecule has 0 aromatic heterocycles. The minimum Gasteiger partial charge on any atom is -0.490 e. The van der Waals surface area contributed by atoms with E-state index in [1.807, 2.05) is 25.1 Å². The summed E-state index contributed by atoms with van der Waals surface area (Å²) in [6.07, 6.45) is 11.2. The lowest BCUT2D eigenvalue weighted by Gasteiger charge is -2.46. The molecule has 232 valence electrons. The smallest absolute Gasteiger partial charge is 0.262 e. The van der Waals surface area contributed by atoms with Gasteiger partial charge in [-0.1, -0.05) is 43.7 Å². The maximum Gasteiger partial charge on any atom is 0.262 e. The zero-order valence-corrected chi connectivity index (χ0v) is 27.2. The molecule has 2 aliphatic carbocycles. The van der Waals surface area contributed by atoms with Crippen LogP contribution < -0.4 is 14.4 Å². The predicted molar refractivity (Wildman–Crippen MR) is 177 cm³/mol. The molecule has 1 saturated carbocycles. The van der Waals surface area contributed by atoms with Crippen LogP contribution in [0.4, 0.5) is 5.69 Å². The Kier molecular flexibility index (Phi) is 8.62. The highest BCUT2D eigenvalue weighted by Crippen LogP contribution is 2.47. The average molecular weight is 625 g/mol. The van der Waals surface area contributed by atoms with Gasteiger partial charge in [-0.2, -0.15) is 0 Å². The van der Waals surface area contributed by atoms with Gasteiger partial charge in [-0.05, 0) is 110 Å². The largest absolute Gasteiger partial charge is 0.490 e. The number of nitrogens with one attached hydrogen (secondary N) is 1. The molecule has 1 unspecified atom stereocenters. The number of methoxy groups -OCH3 is 1. The van der Waals surface area contributed by atoms with Crippen molar-refractivity contribution in [3.05, 3.63) is 70.3 Å². The van der Waals surface area contributed by atoms with Gasteiger partial charge in [0, 0.05) is 41.5 Å². The standard InChI is InChI=1S/C35H45ClN2O4S/c1-5-33-23(2)8-6-10-31(41-3)28-14-11-26(28)20-38-21-35(17-7-9-24-18-27(36)13-15-29(24)35)22-42-32-16-12-25(19-30(32)38)34(39)37-43(33,4)40/h6,10,12-13,15-16,18-19,23,26,28,31,33H,4-5,7-9,11,14,17,20-22H2,1-3H3,(H,37,39,40)/b10-6+/t23-,26-,28+,31-,33+,35-,43?/m0/s1. The van der Waals surface area contributed by atoms with E-state index in [4.69, 9.17) is 21.1 Å². The van der Waals surface area contributed by atoms with Gasteiger partial charge < -0.3 is 14.4 Å². The van der Waals surface area contributed by atoms with Gasteiger partial charge in [0.25, 0.3) is 5.91 Å². The number of fused-ring (bicyclic) bond motifs is 4. The maximum absolute atomic E-state index is 13.9. The third kappa shape index (κ3) is 5.85. The molecule has 1 amide bonds. The summed E-state index contributed by atoms with van der Waals surface area (Å²) in [6.45, 7) is 6.32. The quantitative estimate of drug-likeness (QED) is 0.302. The molecule has 43 heavy (non-hydrogen) atoms. The summed E-state index contributed by atoms with van der Waals surface area (Å²) >= 11 is 6.43. The highest BCUT2D eigenvalue weighted by molar-refractivity contribution is 7.99. The molecule has 0 saturated heterocycles. The first-order valence-corrected chi connectivity index (χ1v) is 18.0. The Bertz CT molecular complexity index is 1510. The van der Waals surface area contributed by atoms with Crippen molar-refractivity contribution >= 4 is 38.8 Å². The molecule has 2 bridgehead atoms. The summed E-state index contributed by atoms with van der Waals surface area (Å²) < 4.78 is 29.4. The lowest BCUT2D eigenvalue weighted by atomic mass is 9.68. The van der Waals surface area contributed by atoms with Gasteiger partial charge in [-0.3, -0.25) is 9.52 Å². The number of hydrogen-bond donors (Lipinski definition) is 1. The minimum atomic E-state index is -2.90. The van der Waals surface area contributed by atoms with E-state index in [1.54, 1.807) is 13.2 Å². The summed E-state index contributed by atoms with van der Waals surface area (Å²) in [6, 6.07) is 11.9. The fourth-order valence-electron chi connectivity index (χ4n) is 8.11.